The Morgan fingerprint density at radius 2 is 1.79 bits per heavy atom. The summed E-state index contributed by atoms with van der Waals surface area (Å²) in [6.45, 7) is 4.70. The molecule has 1 saturated heterocycles. The standard InChI is InChI=1S/C14H30BN3O4.2ClH/c1-17-8-4-9-18(12-11-17)10-6-14(16,13(19)20)5-2-3-7-15(21)22;;/h21-22H,2-12,16H2,1H3,(H,19,20);2*1H. The maximum Gasteiger partial charge on any atom is 0.451 e. The SMILES string of the molecule is CN1CCCN(CCC(N)(CCCCB(O)O)C(=O)O)CC1.Cl.Cl. The van der Waals surface area contributed by atoms with Crippen LogP contribution in [0.4, 0.5) is 0 Å². The molecule has 1 heterocycles. The van der Waals surface area contributed by atoms with Gasteiger partial charge in [0.15, 0.2) is 0 Å². The molecule has 1 aliphatic rings. The van der Waals surface area contributed by atoms with E-state index in [1.54, 1.807) is 0 Å². The Kier molecular flexibility index (Phi) is 14.3. The summed E-state index contributed by atoms with van der Waals surface area (Å²) >= 11 is 0. The minimum atomic E-state index is -1.33. The number of hydrogen-bond donors (Lipinski definition) is 4. The molecule has 1 fully saturated rings. The van der Waals surface area contributed by atoms with Crippen LogP contribution in [0.2, 0.25) is 6.32 Å². The highest BCUT2D eigenvalue weighted by Crippen LogP contribution is 2.18. The molecular weight excluding hydrogens is 356 g/mol. The van der Waals surface area contributed by atoms with Crippen molar-refractivity contribution in [3.63, 3.8) is 0 Å². The van der Waals surface area contributed by atoms with Crippen molar-refractivity contribution in [1.82, 2.24) is 9.80 Å². The van der Waals surface area contributed by atoms with Gasteiger partial charge in [-0.05, 0) is 45.7 Å². The summed E-state index contributed by atoms with van der Waals surface area (Å²) < 4.78 is 0. The van der Waals surface area contributed by atoms with Crippen LogP contribution in [0.5, 0.6) is 0 Å². The minimum absolute atomic E-state index is 0. The Morgan fingerprint density at radius 1 is 1.12 bits per heavy atom. The number of carbonyl (C=O) groups is 1. The van der Waals surface area contributed by atoms with Gasteiger partial charge in [-0.2, -0.15) is 0 Å². The van der Waals surface area contributed by atoms with E-state index in [0.717, 1.165) is 32.6 Å². The largest absolute Gasteiger partial charge is 0.480 e. The van der Waals surface area contributed by atoms with Crippen molar-refractivity contribution < 1.29 is 19.9 Å². The predicted octanol–water partition coefficient (Wildman–Crippen LogP) is 0.283. The van der Waals surface area contributed by atoms with Gasteiger partial charge in [0, 0.05) is 19.6 Å². The first-order chi connectivity index (χ1) is 10.3. The molecule has 0 radical (unpaired) electrons. The third kappa shape index (κ3) is 10.0. The van der Waals surface area contributed by atoms with Crippen LogP contribution in [0, 0.1) is 0 Å². The molecule has 0 bridgehead atoms. The molecule has 7 nitrogen and oxygen atoms in total. The number of hydrogen-bond acceptors (Lipinski definition) is 6. The van der Waals surface area contributed by atoms with Gasteiger partial charge in [-0.15, -0.1) is 24.8 Å². The van der Waals surface area contributed by atoms with Crippen LogP contribution in [-0.4, -0.2) is 83.4 Å². The van der Waals surface area contributed by atoms with Crippen molar-refractivity contribution in [1.29, 1.82) is 0 Å². The summed E-state index contributed by atoms with van der Waals surface area (Å²) in [5.74, 6) is -0.969. The number of likely N-dealkylation sites (N-methyl/N-ethyl adjacent to an activating group) is 1. The van der Waals surface area contributed by atoms with E-state index in [9.17, 15) is 9.90 Å². The van der Waals surface area contributed by atoms with Crippen LogP contribution in [-0.2, 0) is 4.79 Å². The molecule has 144 valence electrons. The fourth-order valence-corrected chi connectivity index (χ4v) is 2.79. The van der Waals surface area contributed by atoms with Crippen molar-refractivity contribution in [3.05, 3.63) is 0 Å². The molecule has 0 aromatic heterocycles. The third-order valence-corrected chi connectivity index (χ3v) is 4.45. The molecule has 0 saturated carbocycles. The normalized spacial score (nSPS) is 18.7. The number of halogens is 2. The van der Waals surface area contributed by atoms with Gasteiger partial charge in [-0.1, -0.05) is 12.8 Å². The van der Waals surface area contributed by atoms with Crippen LogP contribution < -0.4 is 5.73 Å². The average molecular weight is 388 g/mol. The third-order valence-electron chi connectivity index (χ3n) is 4.45. The maximum absolute atomic E-state index is 11.5. The molecule has 1 atom stereocenters. The van der Waals surface area contributed by atoms with Gasteiger partial charge in [-0.25, -0.2) is 0 Å². The second-order valence-electron chi connectivity index (χ2n) is 6.44. The van der Waals surface area contributed by atoms with E-state index in [1.807, 2.05) is 0 Å². The van der Waals surface area contributed by atoms with Gasteiger partial charge >= 0.3 is 13.1 Å². The van der Waals surface area contributed by atoms with E-state index in [4.69, 9.17) is 15.8 Å². The van der Waals surface area contributed by atoms with E-state index < -0.39 is 18.6 Å². The average Bonchev–Trinajstić information content (AvgIpc) is 2.66. The molecule has 0 spiro atoms. The highest BCUT2D eigenvalue weighted by molar-refractivity contribution is 6.40. The number of nitrogens with two attached hydrogens (primary N) is 1. The molecule has 0 aliphatic carbocycles. The fraction of sp³-hybridized carbons (Fsp3) is 0.929. The van der Waals surface area contributed by atoms with Gasteiger partial charge in [0.1, 0.15) is 5.54 Å². The summed E-state index contributed by atoms with van der Waals surface area (Å²) in [4.78, 5) is 16.1. The van der Waals surface area contributed by atoms with Crippen molar-refractivity contribution in [2.75, 3.05) is 39.8 Å². The van der Waals surface area contributed by atoms with Gasteiger partial charge in [-0.3, -0.25) is 4.79 Å². The van der Waals surface area contributed by atoms with Gasteiger partial charge in [0.05, 0.1) is 0 Å². The summed E-state index contributed by atoms with van der Waals surface area (Å²) in [5, 5.41) is 27.0. The van der Waals surface area contributed by atoms with E-state index >= 15 is 0 Å². The lowest BCUT2D eigenvalue weighted by Gasteiger charge is -2.28. The molecule has 1 unspecified atom stereocenters. The zero-order chi connectivity index (χ0) is 16.6. The quantitative estimate of drug-likeness (QED) is 0.332. The molecule has 0 amide bonds. The summed E-state index contributed by atoms with van der Waals surface area (Å²) in [6, 6.07) is 0. The second-order valence-corrected chi connectivity index (χ2v) is 6.44. The Balaban J connectivity index is 0. The fourth-order valence-electron chi connectivity index (χ4n) is 2.79. The van der Waals surface area contributed by atoms with Crippen molar-refractivity contribution >= 4 is 37.9 Å². The Morgan fingerprint density at radius 3 is 2.38 bits per heavy atom. The molecule has 1 rings (SSSR count). The maximum atomic E-state index is 11.5. The molecule has 0 aromatic carbocycles. The second kappa shape index (κ2) is 13.2. The zero-order valence-corrected chi connectivity index (χ0v) is 16.0. The molecule has 5 N–H and O–H groups in total. The molecule has 1 aliphatic heterocycles. The Labute approximate surface area is 157 Å². The lowest BCUT2D eigenvalue weighted by atomic mass is 9.81. The zero-order valence-electron chi connectivity index (χ0n) is 14.4. The van der Waals surface area contributed by atoms with Crippen LogP contribution in [0.1, 0.15) is 32.1 Å². The highest BCUT2D eigenvalue weighted by atomic mass is 35.5. The first-order valence-corrected chi connectivity index (χ1v) is 8.13. The molecule has 0 aromatic rings. The van der Waals surface area contributed by atoms with E-state index in [-0.39, 0.29) is 31.1 Å². The monoisotopic (exact) mass is 387 g/mol. The number of nitrogens with zero attached hydrogens (tertiary/aromatic N) is 2. The van der Waals surface area contributed by atoms with Crippen LogP contribution >= 0.6 is 24.8 Å². The highest BCUT2D eigenvalue weighted by Gasteiger charge is 2.33. The first kappa shape index (κ1) is 26.1. The van der Waals surface area contributed by atoms with E-state index in [2.05, 4.69) is 16.8 Å². The number of carboxylic acids is 1. The molecule has 10 heteroatoms. The lowest BCUT2D eigenvalue weighted by Crippen LogP contribution is -2.50. The summed E-state index contributed by atoms with van der Waals surface area (Å²) in [5.41, 5.74) is 4.86. The van der Waals surface area contributed by atoms with Gasteiger partial charge < -0.3 is 30.7 Å². The predicted molar refractivity (Wildman–Crippen MR) is 101 cm³/mol. The van der Waals surface area contributed by atoms with E-state index in [0.29, 0.717) is 32.2 Å². The van der Waals surface area contributed by atoms with Crippen LogP contribution in [0.3, 0.4) is 0 Å². The van der Waals surface area contributed by atoms with Crippen molar-refractivity contribution in [3.8, 4) is 0 Å². The Hall–Kier alpha value is -0.0851. The van der Waals surface area contributed by atoms with Crippen molar-refractivity contribution in [2.45, 2.75) is 44.0 Å². The van der Waals surface area contributed by atoms with Gasteiger partial charge in [0.25, 0.3) is 0 Å². The first-order valence-electron chi connectivity index (χ1n) is 8.13. The number of unbranched alkanes of at least 4 members (excludes halogenated alkanes) is 1. The van der Waals surface area contributed by atoms with Crippen molar-refractivity contribution in [2.24, 2.45) is 5.73 Å². The Bertz CT molecular complexity index is 356. The van der Waals surface area contributed by atoms with E-state index in [1.165, 1.54) is 0 Å². The number of carboxylic acid groups (broad SMARTS) is 1. The summed E-state index contributed by atoms with van der Waals surface area (Å²) in [6.07, 6.45) is 3.29. The lowest BCUT2D eigenvalue weighted by molar-refractivity contribution is -0.144. The van der Waals surface area contributed by atoms with Gasteiger partial charge in [0.2, 0.25) is 0 Å². The molecule has 24 heavy (non-hydrogen) atoms. The summed E-state index contributed by atoms with van der Waals surface area (Å²) in [7, 11) is 0.773. The number of rotatable bonds is 9. The minimum Gasteiger partial charge on any atom is -0.480 e. The number of aliphatic carboxylic acids is 1. The van der Waals surface area contributed by atoms with Crippen LogP contribution in [0.15, 0.2) is 0 Å². The topological polar surface area (TPSA) is 110 Å². The van der Waals surface area contributed by atoms with Crippen LogP contribution in [0.25, 0.3) is 0 Å². The molecular formula is C14H32BCl2N3O4. The smallest absolute Gasteiger partial charge is 0.451 e.